The van der Waals surface area contributed by atoms with Crippen LogP contribution in [-0.4, -0.2) is 43.4 Å². The van der Waals surface area contributed by atoms with Gasteiger partial charge in [-0.15, -0.1) is 0 Å². The zero-order chi connectivity index (χ0) is 18.4. The maximum atomic E-state index is 10.6. The van der Waals surface area contributed by atoms with E-state index in [-0.39, 0.29) is 5.92 Å². The third-order valence-electron chi connectivity index (χ3n) is 7.19. The maximum absolute atomic E-state index is 10.6. The maximum Gasteiger partial charge on any atom is 0.157 e. The molecule has 3 rings (SSSR count). The molecular formula is C22H40O4. The quantitative estimate of drug-likeness (QED) is 0.529. The minimum absolute atomic E-state index is 0.162. The second-order valence-electron chi connectivity index (χ2n) is 8.99. The molecule has 0 aromatic heterocycles. The van der Waals surface area contributed by atoms with Gasteiger partial charge in [0.15, 0.2) is 6.29 Å². The fourth-order valence-electron chi connectivity index (χ4n) is 5.45. The summed E-state index contributed by atoms with van der Waals surface area (Å²) < 4.78 is 17.7. The molecule has 0 radical (unpaired) electrons. The Morgan fingerprint density at radius 3 is 2.58 bits per heavy atom. The molecule has 1 heterocycles. The van der Waals surface area contributed by atoms with Gasteiger partial charge in [-0.1, -0.05) is 39.0 Å². The molecule has 1 saturated heterocycles. The number of aliphatic hydroxyl groups excluding tert-OH is 1. The Hall–Kier alpha value is -0.160. The Morgan fingerprint density at radius 1 is 0.962 bits per heavy atom. The highest BCUT2D eigenvalue weighted by Gasteiger charge is 2.40. The molecule has 1 N–H and O–H groups in total. The first kappa shape index (κ1) is 20.6. The monoisotopic (exact) mass is 368 g/mol. The average Bonchev–Trinajstić information content (AvgIpc) is 2.87. The number of aliphatic hydroxyl groups is 1. The normalized spacial score (nSPS) is 36.1. The molecule has 0 aromatic carbocycles. The van der Waals surface area contributed by atoms with Crippen LogP contribution in [0.5, 0.6) is 0 Å². The lowest BCUT2D eigenvalue weighted by molar-refractivity contribution is -0.166. The van der Waals surface area contributed by atoms with Crippen molar-refractivity contribution in [2.24, 2.45) is 23.7 Å². The second-order valence-corrected chi connectivity index (χ2v) is 8.99. The van der Waals surface area contributed by atoms with Crippen LogP contribution >= 0.6 is 0 Å². The molecule has 26 heavy (non-hydrogen) atoms. The van der Waals surface area contributed by atoms with Gasteiger partial charge < -0.3 is 19.3 Å². The SMILES string of the molecule is CC(C(O)OCCOC1CCCCC1)C1CCCC2CC[C@H](C)OCC21. The molecule has 3 fully saturated rings. The van der Waals surface area contributed by atoms with Gasteiger partial charge in [0.25, 0.3) is 0 Å². The minimum Gasteiger partial charge on any atom is -0.378 e. The van der Waals surface area contributed by atoms with Crippen molar-refractivity contribution in [2.45, 2.75) is 96.6 Å². The van der Waals surface area contributed by atoms with Crippen LogP contribution in [0, 0.1) is 23.7 Å². The summed E-state index contributed by atoms with van der Waals surface area (Å²) >= 11 is 0. The van der Waals surface area contributed by atoms with Crippen molar-refractivity contribution in [3.05, 3.63) is 0 Å². The predicted molar refractivity (Wildman–Crippen MR) is 103 cm³/mol. The molecule has 0 amide bonds. The van der Waals surface area contributed by atoms with Crippen molar-refractivity contribution in [3.8, 4) is 0 Å². The van der Waals surface area contributed by atoms with E-state index in [1.807, 2.05) is 0 Å². The first-order valence-corrected chi connectivity index (χ1v) is 11.2. The van der Waals surface area contributed by atoms with Gasteiger partial charge >= 0.3 is 0 Å². The van der Waals surface area contributed by atoms with E-state index in [9.17, 15) is 5.11 Å². The van der Waals surface area contributed by atoms with E-state index in [0.717, 1.165) is 12.5 Å². The summed E-state index contributed by atoms with van der Waals surface area (Å²) in [6.45, 7) is 6.31. The van der Waals surface area contributed by atoms with Gasteiger partial charge in [-0.05, 0) is 56.8 Å². The summed E-state index contributed by atoms with van der Waals surface area (Å²) in [6, 6.07) is 0. The van der Waals surface area contributed by atoms with E-state index >= 15 is 0 Å². The van der Waals surface area contributed by atoms with Gasteiger partial charge in [-0.25, -0.2) is 0 Å². The highest BCUT2D eigenvalue weighted by molar-refractivity contribution is 4.87. The lowest BCUT2D eigenvalue weighted by Gasteiger charge is -2.41. The highest BCUT2D eigenvalue weighted by Crippen LogP contribution is 2.44. The molecule has 0 spiro atoms. The number of hydrogen-bond donors (Lipinski definition) is 1. The fourth-order valence-corrected chi connectivity index (χ4v) is 5.45. The van der Waals surface area contributed by atoms with E-state index in [1.165, 1.54) is 64.2 Å². The molecular weight excluding hydrogens is 328 g/mol. The Labute approximate surface area is 160 Å². The van der Waals surface area contributed by atoms with E-state index in [1.54, 1.807) is 0 Å². The Bertz CT molecular complexity index is 396. The zero-order valence-corrected chi connectivity index (χ0v) is 16.9. The Morgan fingerprint density at radius 2 is 1.77 bits per heavy atom. The molecule has 152 valence electrons. The third kappa shape index (κ3) is 5.67. The van der Waals surface area contributed by atoms with Gasteiger partial charge in [0.05, 0.1) is 32.0 Å². The molecule has 6 atom stereocenters. The van der Waals surface area contributed by atoms with Gasteiger partial charge in [0, 0.05) is 5.92 Å². The minimum atomic E-state index is -0.686. The van der Waals surface area contributed by atoms with Crippen LogP contribution < -0.4 is 0 Å². The van der Waals surface area contributed by atoms with Crippen LogP contribution in [0.3, 0.4) is 0 Å². The molecule has 1 aliphatic heterocycles. The van der Waals surface area contributed by atoms with Crippen molar-refractivity contribution in [2.75, 3.05) is 19.8 Å². The van der Waals surface area contributed by atoms with Crippen LogP contribution in [0.4, 0.5) is 0 Å². The largest absolute Gasteiger partial charge is 0.378 e. The van der Waals surface area contributed by atoms with Crippen molar-refractivity contribution >= 4 is 0 Å². The average molecular weight is 369 g/mol. The summed E-state index contributed by atoms with van der Waals surface area (Å²) in [4.78, 5) is 0. The van der Waals surface area contributed by atoms with Crippen LogP contribution in [-0.2, 0) is 14.2 Å². The molecule has 5 unspecified atom stereocenters. The Kier molecular flexibility index (Phi) is 8.23. The van der Waals surface area contributed by atoms with Gasteiger partial charge in [-0.3, -0.25) is 0 Å². The lowest BCUT2D eigenvalue weighted by Crippen LogP contribution is -2.39. The number of ether oxygens (including phenoxy) is 3. The number of hydrogen-bond acceptors (Lipinski definition) is 4. The topological polar surface area (TPSA) is 47.9 Å². The van der Waals surface area contributed by atoms with Gasteiger partial charge in [0.2, 0.25) is 0 Å². The van der Waals surface area contributed by atoms with Crippen molar-refractivity contribution in [1.82, 2.24) is 0 Å². The number of fused-ring (bicyclic) bond motifs is 1. The molecule has 4 heteroatoms. The van der Waals surface area contributed by atoms with Gasteiger partial charge in [-0.2, -0.15) is 0 Å². The number of rotatable bonds is 7. The third-order valence-corrected chi connectivity index (χ3v) is 7.19. The Balaban J connectivity index is 1.42. The molecule has 0 aromatic rings. The lowest BCUT2D eigenvalue weighted by atomic mass is 9.66. The summed E-state index contributed by atoms with van der Waals surface area (Å²) in [7, 11) is 0. The summed E-state index contributed by atoms with van der Waals surface area (Å²) in [5.74, 6) is 2.02. The second kappa shape index (κ2) is 10.4. The molecule has 2 saturated carbocycles. The van der Waals surface area contributed by atoms with E-state index in [4.69, 9.17) is 14.2 Å². The van der Waals surface area contributed by atoms with Crippen LogP contribution in [0.2, 0.25) is 0 Å². The zero-order valence-electron chi connectivity index (χ0n) is 16.9. The molecule has 4 nitrogen and oxygen atoms in total. The first-order valence-electron chi connectivity index (χ1n) is 11.2. The molecule has 0 bridgehead atoms. The van der Waals surface area contributed by atoms with Crippen LogP contribution in [0.25, 0.3) is 0 Å². The van der Waals surface area contributed by atoms with Crippen LogP contribution in [0.1, 0.15) is 78.1 Å². The van der Waals surface area contributed by atoms with E-state index in [2.05, 4.69) is 13.8 Å². The van der Waals surface area contributed by atoms with Gasteiger partial charge in [0.1, 0.15) is 0 Å². The standard InChI is InChI=1S/C22H40O4/c1-16-11-12-18-7-6-10-20(21(18)15-26-16)17(2)22(23)25-14-13-24-19-8-4-3-5-9-19/h16-23H,3-15H2,1-2H3/t16-,17?,18?,20?,21?,22?/m0/s1. The van der Waals surface area contributed by atoms with E-state index in [0.29, 0.717) is 37.3 Å². The summed E-state index contributed by atoms with van der Waals surface area (Å²) in [5.41, 5.74) is 0. The van der Waals surface area contributed by atoms with Crippen molar-refractivity contribution in [1.29, 1.82) is 0 Å². The molecule has 2 aliphatic carbocycles. The smallest absolute Gasteiger partial charge is 0.157 e. The fraction of sp³-hybridized carbons (Fsp3) is 1.00. The predicted octanol–water partition coefficient (Wildman–Crippen LogP) is 4.54. The highest BCUT2D eigenvalue weighted by atomic mass is 16.6. The van der Waals surface area contributed by atoms with E-state index < -0.39 is 6.29 Å². The van der Waals surface area contributed by atoms with Crippen molar-refractivity contribution in [3.63, 3.8) is 0 Å². The molecule has 3 aliphatic rings. The van der Waals surface area contributed by atoms with Crippen LogP contribution in [0.15, 0.2) is 0 Å². The summed E-state index contributed by atoms with van der Waals surface area (Å²) in [6.07, 6.45) is 12.7. The van der Waals surface area contributed by atoms with Crippen molar-refractivity contribution < 1.29 is 19.3 Å². The first-order chi connectivity index (χ1) is 12.6. The summed E-state index contributed by atoms with van der Waals surface area (Å²) in [5, 5.41) is 10.6.